The summed E-state index contributed by atoms with van der Waals surface area (Å²) in [5.41, 5.74) is -1.06. The van der Waals surface area contributed by atoms with Crippen LogP contribution in [0.1, 0.15) is 32.6 Å². The van der Waals surface area contributed by atoms with Gasteiger partial charge in [-0.2, -0.15) is 0 Å². The zero-order valence-corrected chi connectivity index (χ0v) is 15.2. The Labute approximate surface area is 151 Å². The van der Waals surface area contributed by atoms with E-state index in [-0.39, 0.29) is 29.8 Å². The highest BCUT2D eigenvalue weighted by atomic mass is 32.1. The molecule has 3 aliphatic heterocycles. The maximum atomic E-state index is 12.6. The number of hydrogen-bond donors (Lipinski definition) is 1. The Balaban J connectivity index is 1.69. The average Bonchev–Trinajstić information content (AvgIpc) is 3.00. The molecule has 4 rings (SSSR count). The van der Waals surface area contributed by atoms with Crippen LogP contribution in [-0.4, -0.2) is 41.1 Å². The van der Waals surface area contributed by atoms with Crippen LogP contribution in [0, 0.1) is 5.92 Å². The molecule has 1 spiro atoms. The Hall–Kier alpha value is -1.70. The number of benzene rings is 1. The van der Waals surface area contributed by atoms with Gasteiger partial charge < -0.3 is 24.3 Å². The van der Waals surface area contributed by atoms with Crippen LogP contribution in [0.5, 0.6) is 0 Å². The second-order valence-corrected chi connectivity index (χ2v) is 7.64. The van der Waals surface area contributed by atoms with Gasteiger partial charge >= 0.3 is 5.24 Å². The summed E-state index contributed by atoms with van der Waals surface area (Å²) in [6.07, 6.45) is -1.40. The third kappa shape index (κ3) is 2.37. The van der Waals surface area contributed by atoms with E-state index in [2.05, 4.69) is 19.2 Å². The summed E-state index contributed by atoms with van der Waals surface area (Å²) in [6.45, 7) is 6.06. The van der Waals surface area contributed by atoms with E-state index in [0.29, 0.717) is 0 Å². The lowest BCUT2D eigenvalue weighted by Crippen LogP contribution is -2.67. The molecule has 0 bridgehead atoms. The quantitative estimate of drug-likeness (QED) is 0.812. The summed E-state index contributed by atoms with van der Waals surface area (Å²) in [5.74, 6) is -0.135. The first-order valence-corrected chi connectivity index (χ1v) is 8.82. The normalized spacial score (nSPS) is 39.9. The van der Waals surface area contributed by atoms with Crippen LogP contribution in [0.25, 0.3) is 0 Å². The fourth-order valence-electron chi connectivity index (χ4n) is 4.08. The second-order valence-electron chi connectivity index (χ2n) is 7.31. The third-order valence-corrected chi connectivity index (χ3v) is 5.38. The molecule has 1 amide bonds. The van der Waals surface area contributed by atoms with E-state index < -0.39 is 23.5 Å². The molecule has 0 aromatic heterocycles. The minimum absolute atomic E-state index is 0.00517. The van der Waals surface area contributed by atoms with Crippen LogP contribution < -0.4 is 5.32 Å². The number of rotatable bonds is 2. The van der Waals surface area contributed by atoms with E-state index in [0.717, 1.165) is 5.56 Å². The number of hydrogen-bond acceptors (Lipinski definition) is 6. The molecular weight excluding hydrogens is 342 g/mol. The van der Waals surface area contributed by atoms with Gasteiger partial charge in [0, 0.05) is 17.8 Å². The fourth-order valence-corrected chi connectivity index (χ4v) is 4.35. The highest BCUT2D eigenvalue weighted by molar-refractivity contribution is 7.79. The molecule has 25 heavy (non-hydrogen) atoms. The van der Waals surface area contributed by atoms with Crippen molar-refractivity contribution < 1.29 is 23.7 Å². The van der Waals surface area contributed by atoms with Gasteiger partial charge in [0.15, 0.2) is 12.4 Å². The minimum Gasteiger partial charge on any atom is -0.446 e. The first-order valence-electron chi connectivity index (χ1n) is 8.41. The minimum atomic E-state index is -1.16. The van der Waals surface area contributed by atoms with Crippen LogP contribution in [0.15, 0.2) is 30.3 Å². The Morgan fingerprint density at radius 2 is 2.00 bits per heavy atom. The maximum absolute atomic E-state index is 12.6. The summed E-state index contributed by atoms with van der Waals surface area (Å²) in [4.78, 5) is 12.6. The van der Waals surface area contributed by atoms with E-state index >= 15 is 0 Å². The van der Waals surface area contributed by atoms with Crippen LogP contribution >= 0.6 is 12.2 Å². The van der Waals surface area contributed by atoms with E-state index in [9.17, 15) is 4.79 Å². The molecule has 3 fully saturated rings. The zero-order chi connectivity index (χ0) is 17.8. The zero-order valence-electron chi connectivity index (χ0n) is 14.4. The Morgan fingerprint density at radius 3 is 2.68 bits per heavy atom. The Morgan fingerprint density at radius 1 is 1.28 bits per heavy atom. The standard InChI is InChI=1S/C18H21NO5S/c1-10(2)12-18(9-21-13(22-12)11-7-5-4-6-8-11)14-17(3,15(20)19-18)24-16(25)23-14/h4-8,10,12-14H,9H2,1-3H3,(H,19,20)/t12-,13+,14-,17+,18+/m0/s1. The Bertz CT molecular complexity index is 711. The van der Waals surface area contributed by atoms with E-state index in [1.54, 1.807) is 6.92 Å². The van der Waals surface area contributed by atoms with Crippen LogP contribution in [-0.2, 0) is 23.7 Å². The van der Waals surface area contributed by atoms with E-state index in [1.807, 2.05) is 30.3 Å². The molecule has 5 atom stereocenters. The van der Waals surface area contributed by atoms with Crippen molar-refractivity contribution in [3.8, 4) is 0 Å². The molecule has 1 N–H and O–H groups in total. The highest BCUT2D eigenvalue weighted by Crippen LogP contribution is 2.47. The maximum Gasteiger partial charge on any atom is 0.354 e. The molecule has 3 aliphatic rings. The topological polar surface area (TPSA) is 66.0 Å². The molecule has 134 valence electrons. The molecule has 1 aromatic rings. The first kappa shape index (κ1) is 16.8. The Kier molecular flexibility index (Phi) is 3.79. The smallest absolute Gasteiger partial charge is 0.354 e. The molecule has 1 aromatic carbocycles. The lowest BCUT2D eigenvalue weighted by atomic mass is 9.78. The van der Waals surface area contributed by atoms with Gasteiger partial charge in [0.05, 0.1) is 12.7 Å². The molecule has 3 saturated heterocycles. The van der Waals surface area contributed by atoms with Gasteiger partial charge in [-0.1, -0.05) is 44.2 Å². The van der Waals surface area contributed by atoms with Crippen molar-refractivity contribution in [2.24, 2.45) is 5.92 Å². The fraction of sp³-hybridized carbons (Fsp3) is 0.556. The van der Waals surface area contributed by atoms with Crippen molar-refractivity contribution in [3.05, 3.63) is 35.9 Å². The summed E-state index contributed by atoms with van der Waals surface area (Å²) in [6, 6.07) is 9.75. The number of nitrogens with one attached hydrogen (secondary N) is 1. The van der Waals surface area contributed by atoms with Gasteiger partial charge in [-0.15, -0.1) is 0 Å². The second kappa shape index (κ2) is 5.65. The van der Waals surface area contributed by atoms with Crippen molar-refractivity contribution in [3.63, 3.8) is 0 Å². The summed E-state index contributed by atoms with van der Waals surface area (Å²) in [5, 5.41) is 3.03. The van der Waals surface area contributed by atoms with Crippen LogP contribution in [0.3, 0.4) is 0 Å². The number of thiocarbonyl (C=S) groups is 1. The van der Waals surface area contributed by atoms with Crippen molar-refractivity contribution in [2.75, 3.05) is 6.61 Å². The van der Waals surface area contributed by atoms with Gasteiger partial charge in [-0.25, -0.2) is 0 Å². The van der Waals surface area contributed by atoms with Gasteiger partial charge in [0.2, 0.25) is 5.60 Å². The molecule has 0 radical (unpaired) electrons. The number of ether oxygens (including phenoxy) is 4. The van der Waals surface area contributed by atoms with Crippen LogP contribution in [0.4, 0.5) is 0 Å². The van der Waals surface area contributed by atoms with E-state index in [4.69, 9.17) is 31.2 Å². The molecule has 0 unspecified atom stereocenters. The molecule has 0 saturated carbocycles. The van der Waals surface area contributed by atoms with Gasteiger partial charge in [-0.3, -0.25) is 4.79 Å². The lowest BCUT2D eigenvalue weighted by Gasteiger charge is -2.47. The van der Waals surface area contributed by atoms with Gasteiger partial charge in [0.1, 0.15) is 5.54 Å². The largest absolute Gasteiger partial charge is 0.446 e. The van der Waals surface area contributed by atoms with Crippen LogP contribution in [0.2, 0.25) is 0 Å². The lowest BCUT2D eigenvalue weighted by molar-refractivity contribution is -0.272. The highest BCUT2D eigenvalue weighted by Gasteiger charge is 2.72. The predicted molar refractivity (Wildman–Crippen MR) is 92.7 cm³/mol. The van der Waals surface area contributed by atoms with Gasteiger partial charge in [0.25, 0.3) is 5.91 Å². The molecule has 0 aliphatic carbocycles. The first-order chi connectivity index (χ1) is 11.9. The predicted octanol–water partition coefficient (Wildman–Crippen LogP) is 2.08. The number of fused-ring (bicyclic) bond motifs is 2. The molecular formula is C18H21NO5S. The van der Waals surface area contributed by atoms with Crippen molar-refractivity contribution in [1.82, 2.24) is 5.32 Å². The van der Waals surface area contributed by atoms with Gasteiger partial charge in [-0.05, 0) is 12.8 Å². The van der Waals surface area contributed by atoms with Crippen molar-refractivity contribution in [2.45, 2.75) is 50.4 Å². The molecule has 7 heteroatoms. The SMILES string of the molecule is CC(C)[C@@H]1O[C@H](c2ccccc2)OC[C@@]12NC(=O)[C@]1(C)OC(=S)O[C@H]21. The summed E-state index contributed by atoms with van der Waals surface area (Å²) in [7, 11) is 0. The summed E-state index contributed by atoms with van der Waals surface area (Å²) < 4.78 is 23.6. The molecule has 3 heterocycles. The number of carbonyl (C=O) groups is 1. The van der Waals surface area contributed by atoms with Crippen molar-refractivity contribution in [1.29, 1.82) is 0 Å². The van der Waals surface area contributed by atoms with Crippen molar-refractivity contribution >= 4 is 23.4 Å². The average molecular weight is 363 g/mol. The summed E-state index contributed by atoms with van der Waals surface area (Å²) >= 11 is 5.05. The monoisotopic (exact) mass is 363 g/mol. The number of amides is 1. The molecule has 6 nitrogen and oxygen atoms in total. The number of carbonyl (C=O) groups excluding carboxylic acids is 1. The van der Waals surface area contributed by atoms with E-state index in [1.165, 1.54) is 0 Å². The third-order valence-electron chi connectivity index (χ3n) is 5.20.